The van der Waals surface area contributed by atoms with Crippen molar-refractivity contribution in [3.8, 4) is 5.75 Å². The SMILES string of the molecule is CC=CCOc1ccc(CC(=O)O)cc1[N+](=O)[O-]. The van der Waals surface area contributed by atoms with Crippen LogP contribution in [0, 0.1) is 10.1 Å². The van der Waals surface area contributed by atoms with Gasteiger partial charge in [-0.05, 0) is 18.6 Å². The molecular weight excluding hydrogens is 238 g/mol. The van der Waals surface area contributed by atoms with Gasteiger partial charge in [0.15, 0.2) is 5.75 Å². The second kappa shape index (κ2) is 6.39. The molecule has 1 N–H and O–H groups in total. The molecule has 18 heavy (non-hydrogen) atoms. The van der Waals surface area contributed by atoms with Gasteiger partial charge < -0.3 is 9.84 Å². The summed E-state index contributed by atoms with van der Waals surface area (Å²) in [5, 5.41) is 19.5. The number of hydrogen-bond donors (Lipinski definition) is 1. The van der Waals surface area contributed by atoms with E-state index < -0.39 is 10.9 Å². The van der Waals surface area contributed by atoms with Crippen LogP contribution in [0.5, 0.6) is 5.75 Å². The predicted molar refractivity (Wildman–Crippen MR) is 64.7 cm³/mol. The predicted octanol–water partition coefficient (Wildman–Crippen LogP) is 2.18. The highest BCUT2D eigenvalue weighted by molar-refractivity contribution is 5.71. The molecule has 0 atom stereocenters. The van der Waals surface area contributed by atoms with E-state index in [0.29, 0.717) is 5.56 Å². The maximum atomic E-state index is 10.9. The molecule has 6 heteroatoms. The van der Waals surface area contributed by atoms with Gasteiger partial charge in [-0.2, -0.15) is 0 Å². The Hall–Kier alpha value is -2.37. The van der Waals surface area contributed by atoms with E-state index in [9.17, 15) is 14.9 Å². The zero-order valence-corrected chi connectivity index (χ0v) is 9.83. The number of allylic oxidation sites excluding steroid dienone is 1. The second-order valence-electron chi connectivity index (χ2n) is 3.51. The number of carbonyl (C=O) groups is 1. The van der Waals surface area contributed by atoms with Crippen LogP contribution in [0.3, 0.4) is 0 Å². The van der Waals surface area contributed by atoms with Crippen molar-refractivity contribution in [1.29, 1.82) is 0 Å². The minimum Gasteiger partial charge on any atom is -0.483 e. The number of carboxylic acids is 1. The third-order valence-electron chi connectivity index (χ3n) is 2.15. The zero-order chi connectivity index (χ0) is 13.5. The van der Waals surface area contributed by atoms with Crippen LogP contribution >= 0.6 is 0 Å². The lowest BCUT2D eigenvalue weighted by Gasteiger charge is -2.05. The van der Waals surface area contributed by atoms with E-state index in [2.05, 4.69) is 0 Å². The number of aliphatic carboxylic acids is 1. The van der Waals surface area contributed by atoms with E-state index in [1.54, 1.807) is 12.2 Å². The van der Waals surface area contributed by atoms with E-state index in [0.717, 1.165) is 0 Å². The Morgan fingerprint density at radius 2 is 2.28 bits per heavy atom. The van der Waals surface area contributed by atoms with Crippen LogP contribution in [-0.2, 0) is 11.2 Å². The zero-order valence-electron chi connectivity index (χ0n) is 9.83. The summed E-state index contributed by atoms with van der Waals surface area (Å²) in [4.78, 5) is 20.8. The van der Waals surface area contributed by atoms with E-state index >= 15 is 0 Å². The molecule has 0 aliphatic rings. The molecular formula is C12H13NO5. The van der Waals surface area contributed by atoms with Gasteiger partial charge >= 0.3 is 11.7 Å². The van der Waals surface area contributed by atoms with Crippen molar-refractivity contribution in [2.45, 2.75) is 13.3 Å². The van der Waals surface area contributed by atoms with Gasteiger partial charge in [0.2, 0.25) is 0 Å². The second-order valence-corrected chi connectivity index (χ2v) is 3.51. The van der Waals surface area contributed by atoms with Crippen molar-refractivity contribution in [2.24, 2.45) is 0 Å². The summed E-state index contributed by atoms with van der Waals surface area (Å²) in [6.07, 6.45) is 3.23. The quantitative estimate of drug-likeness (QED) is 0.475. The number of nitrogens with zero attached hydrogens (tertiary/aromatic N) is 1. The molecule has 0 saturated heterocycles. The number of nitro groups is 1. The third-order valence-corrected chi connectivity index (χ3v) is 2.15. The molecule has 0 aliphatic heterocycles. The Morgan fingerprint density at radius 3 is 2.83 bits per heavy atom. The summed E-state index contributed by atoms with van der Waals surface area (Å²) in [5.41, 5.74) is 0.144. The highest BCUT2D eigenvalue weighted by Gasteiger charge is 2.16. The molecule has 0 fully saturated rings. The summed E-state index contributed by atoms with van der Waals surface area (Å²) in [5.74, 6) is -0.904. The first-order valence-corrected chi connectivity index (χ1v) is 5.27. The van der Waals surface area contributed by atoms with Crippen LogP contribution in [-0.4, -0.2) is 22.6 Å². The molecule has 1 aromatic carbocycles. The number of benzene rings is 1. The van der Waals surface area contributed by atoms with Crippen molar-refractivity contribution in [2.75, 3.05) is 6.61 Å². The molecule has 0 saturated carbocycles. The number of rotatable bonds is 6. The maximum Gasteiger partial charge on any atom is 0.311 e. The monoisotopic (exact) mass is 251 g/mol. The summed E-state index contributed by atoms with van der Waals surface area (Å²) >= 11 is 0. The first kappa shape index (κ1) is 13.7. The fourth-order valence-electron chi connectivity index (χ4n) is 1.35. The molecule has 0 bridgehead atoms. The van der Waals surface area contributed by atoms with Crippen molar-refractivity contribution in [1.82, 2.24) is 0 Å². The fourth-order valence-corrected chi connectivity index (χ4v) is 1.35. The van der Waals surface area contributed by atoms with Gasteiger partial charge in [-0.3, -0.25) is 14.9 Å². The molecule has 0 amide bonds. The van der Waals surface area contributed by atoms with Gasteiger partial charge in [0.1, 0.15) is 6.61 Å². The van der Waals surface area contributed by atoms with Crippen LogP contribution < -0.4 is 4.74 Å². The third kappa shape index (κ3) is 3.89. The molecule has 0 unspecified atom stereocenters. The number of nitro benzene ring substituents is 1. The van der Waals surface area contributed by atoms with Crippen LogP contribution in [0.2, 0.25) is 0 Å². The average molecular weight is 251 g/mol. The smallest absolute Gasteiger partial charge is 0.311 e. The van der Waals surface area contributed by atoms with Crippen LogP contribution in [0.15, 0.2) is 30.4 Å². The van der Waals surface area contributed by atoms with Gasteiger partial charge in [0.05, 0.1) is 11.3 Å². The molecule has 1 rings (SSSR count). The van der Waals surface area contributed by atoms with Crippen LogP contribution in [0.25, 0.3) is 0 Å². The lowest BCUT2D eigenvalue weighted by Crippen LogP contribution is -2.03. The molecule has 0 radical (unpaired) electrons. The maximum absolute atomic E-state index is 10.9. The van der Waals surface area contributed by atoms with Gasteiger partial charge in [0, 0.05) is 6.07 Å². The topological polar surface area (TPSA) is 89.7 Å². The van der Waals surface area contributed by atoms with E-state index in [1.807, 2.05) is 6.92 Å². The highest BCUT2D eigenvalue weighted by Crippen LogP contribution is 2.28. The van der Waals surface area contributed by atoms with Gasteiger partial charge in [-0.25, -0.2) is 0 Å². The Balaban J connectivity index is 2.96. The summed E-state index contributed by atoms with van der Waals surface area (Å²) < 4.78 is 5.22. The standard InChI is InChI=1S/C12H13NO5/c1-2-3-6-18-11-5-4-9(8-12(14)15)7-10(11)13(16)17/h2-5,7H,6,8H2,1H3,(H,14,15). The van der Waals surface area contributed by atoms with E-state index in [1.165, 1.54) is 18.2 Å². The van der Waals surface area contributed by atoms with Crippen LogP contribution in [0.1, 0.15) is 12.5 Å². The van der Waals surface area contributed by atoms with Crippen molar-refractivity contribution < 1.29 is 19.6 Å². The summed E-state index contributed by atoms with van der Waals surface area (Å²) in [7, 11) is 0. The van der Waals surface area contributed by atoms with Gasteiger partial charge in [0.25, 0.3) is 0 Å². The van der Waals surface area contributed by atoms with Crippen molar-refractivity contribution in [3.63, 3.8) is 0 Å². The minimum absolute atomic E-state index is 0.132. The first-order chi connectivity index (χ1) is 8.54. The molecule has 0 spiro atoms. The lowest BCUT2D eigenvalue weighted by molar-refractivity contribution is -0.385. The number of hydrogen-bond acceptors (Lipinski definition) is 4. The van der Waals surface area contributed by atoms with E-state index in [4.69, 9.17) is 9.84 Å². The highest BCUT2D eigenvalue weighted by atomic mass is 16.6. The van der Waals surface area contributed by atoms with Gasteiger partial charge in [-0.1, -0.05) is 18.2 Å². The molecule has 6 nitrogen and oxygen atoms in total. The first-order valence-electron chi connectivity index (χ1n) is 5.27. The Kier molecular flexibility index (Phi) is 4.86. The van der Waals surface area contributed by atoms with Crippen molar-refractivity contribution >= 4 is 11.7 Å². The Morgan fingerprint density at radius 1 is 1.56 bits per heavy atom. The number of carboxylic acid groups (broad SMARTS) is 1. The van der Waals surface area contributed by atoms with Crippen molar-refractivity contribution in [3.05, 3.63) is 46.0 Å². The average Bonchev–Trinajstić information content (AvgIpc) is 2.30. The van der Waals surface area contributed by atoms with Crippen LogP contribution in [0.4, 0.5) is 5.69 Å². The Bertz CT molecular complexity index is 481. The summed E-state index contributed by atoms with van der Waals surface area (Å²) in [6, 6.07) is 4.14. The molecule has 0 heterocycles. The minimum atomic E-state index is -1.04. The molecule has 0 aliphatic carbocycles. The molecule has 0 aromatic heterocycles. The Labute approximate surface area is 104 Å². The van der Waals surface area contributed by atoms with E-state index in [-0.39, 0.29) is 24.5 Å². The summed E-state index contributed by atoms with van der Waals surface area (Å²) in [6.45, 7) is 2.04. The largest absolute Gasteiger partial charge is 0.483 e. The number of ether oxygens (including phenoxy) is 1. The molecule has 96 valence electrons. The normalized spacial score (nSPS) is 10.5. The molecule has 1 aromatic rings. The van der Waals surface area contributed by atoms with Gasteiger partial charge in [-0.15, -0.1) is 0 Å². The fraction of sp³-hybridized carbons (Fsp3) is 0.250. The lowest BCUT2D eigenvalue weighted by atomic mass is 10.1.